The maximum absolute atomic E-state index is 5.96. The van der Waals surface area contributed by atoms with E-state index < -0.39 is 0 Å². The molecule has 2 nitrogen and oxygen atoms in total. The molecule has 0 radical (unpaired) electrons. The van der Waals surface area contributed by atoms with Crippen LogP contribution in [0.2, 0.25) is 0 Å². The van der Waals surface area contributed by atoms with Crippen LogP contribution in [0.15, 0.2) is 18.2 Å². The van der Waals surface area contributed by atoms with Crippen LogP contribution in [-0.4, -0.2) is 13.1 Å². The van der Waals surface area contributed by atoms with Gasteiger partial charge in [0.25, 0.3) is 0 Å². The van der Waals surface area contributed by atoms with Crippen LogP contribution in [0.4, 0.5) is 5.69 Å². The van der Waals surface area contributed by atoms with Crippen molar-refractivity contribution in [2.24, 2.45) is 5.73 Å². The summed E-state index contributed by atoms with van der Waals surface area (Å²) in [5.74, 6) is 0. The second-order valence-corrected chi connectivity index (χ2v) is 5.83. The molecule has 0 amide bonds. The van der Waals surface area contributed by atoms with E-state index in [1.165, 1.54) is 68.4 Å². The van der Waals surface area contributed by atoms with Gasteiger partial charge in [0.15, 0.2) is 0 Å². The lowest BCUT2D eigenvalue weighted by molar-refractivity contribution is 0.623. The number of nitrogens with two attached hydrogens (primary N) is 1. The molecule has 0 bridgehead atoms. The molecule has 2 heteroatoms. The zero-order valence-corrected chi connectivity index (χ0v) is 12.5. The molecule has 0 saturated carbocycles. The summed E-state index contributed by atoms with van der Waals surface area (Å²) in [5.41, 5.74) is 10.2. The minimum atomic E-state index is 0.147. The van der Waals surface area contributed by atoms with Crippen LogP contribution in [0.1, 0.15) is 63.1 Å². The Morgan fingerprint density at radius 2 is 2.00 bits per heavy atom. The minimum Gasteiger partial charge on any atom is -0.371 e. The van der Waals surface area contributed by atoms with Gasteiger partial charge in [-0.05, 0) is 37.0 Å². The Labute approximate surface area is 118 Å². The van der Waals surface area contributed by atoms with Gasteiger partial charge in [0, 0.05) is 24.8 Å². The lowest BCUT2D eigenvalue weighted by Gasteiger charge is -2.19. The van der Waals surface area contributed by atoms with Gasteiger partial charge in [0.05, 0.1) is 0 Å². The molecule has 19 heavy (non-hydrogen) atoms. The van der Waals surface area contributed by atoms with Crippen molar-refractivity contribution in [3.05, 3.63) is 29.3 Å². The number of hydrogen-bond acceptors (Lipinski definition) is 2. The largest absolute Gasteiger partial charge is 0.371 e. The van der Waals surface area contributed by atoms with Gasteiger partial charge in [-0.2, -0.15) is 0 Å². The van der Waals surface area contributed by atoms with E-state index in [0.717, 1.165) is 0 Å². The standard InChI is InChI=1S/C17H28N2/c1-3-4-5-6-7-11-19-12-10-16-13-15(14(2)18)8-9-17(16)19/h8-9,13-14H,3-7,10-12,18H2,1-2H3. The number of anilines is 1. The fraction of sp³-hybridized carbons (Fsp3) is 0.647. The lowest BCUT2D eigenvalue weighted by Crippen LogP contribution is -2.21. The Hall–Kier alpha value is -1.02. The summed E-state index contributed by atoms with van der Waals surface area (Å²) in [5, 5.41) is 0. The molecule has 2 rings (SSSR count). The highest BCUT2D eigenvalue weighted by Crippen LogP contribution is 2.30. The van der Waals surface area contributed by atoms with E-state index in [1.54, 1.807) is 0 Å². The van der Waals surface area contributed by atoms with Crippen molar-refractivity contribution in [1.29, 1.82) is 0 Å². The van der Waals surface area contributed by atoms with Gasteiger partial charge in [0.2, 0.25) is 0 Å². The summed E-state index contributed by atoms with van der Waals surface area (Å²) in [6, 6.07) is 6.91. The number of benzene rings is 1. The Bertz CT molecular complexity index is 398. The topological polar surface area (TPSA) is 29.3 Å². The average Bonchev–Trinajstić information content (AvgIpc) is 2.81. The van der Waals surface area contributed by atoms with Gasteiger partial charge in [-0.3, -0.25) is 0 Å². The maximum Gasteiger partial charge on any atom is 0.0399 e. The van der Waals surface area contributed by atoms with Crippen LogP contribution in [-0.2, 0) is 6.42 Å². The molecule has 2 N–H and O–H groups in total. The molecule has 1 aliphatic heterocycles. The van der Waals surface area contributed by atoms with Crippen LogP contribution >= 0.6 is 0 Å². The predicted molar refractivity (Wildman–Crippen MR) is 83.7 cm³/mol. The van der Waals surface area contributed by atoms with Crippen LogP contribution < -0.4 is 10.6 Å². The van der Waals surface area contributed by atoms with Crippen molar-refractivity contribution in [3.8, 4) is 0 Å². The molecular formula is C17H28N2. The first kappa shape index (κ1) is 14.4. The molecule has 106 valence electrons. The van der Waals surface area contributed by atoms with E-state index in [4.69, 9.17) is 5.73 Å². The second kappa shape index (κ2) is 6.95. The zero-order valence-electron chi connectivity index (χ0n) is 12.5. The number of hydrogen-bond donors (Lipinski definition) is 1. The average molecular weight is 260 g/mol. The van der Waals surface area contributed by atoms with Crippen molar-refractivity contribution in [3.63, 3.8) is 0 Å². The molecule has 0 fully saturated rings. The van der Waals surface area contributed by atoms with E-state index in [9.17, 15) is 0 Å². The summed E-state index contributed by atoms with van der Waals surface area (Å²) >= 11 is 0. The normalized spacial score (nSPS) is 15.6. The van der Waals surface area contributed by atoms with Gasteiger partial charge >= 0.3 is 0 Å². The van der Waals surface area contributed by atoms with E-state index in [-0.39, 0.29) is 6.04 Å². The highest BCUT2D eigenvalue weighted by atomic mass is 15.1. The predicted octanol–water partition coefficient (Wildman–Crippen LogP) is 4.04. The van der Waals surface area contributed by atoms with Crippen molar-refractivity contribution in [1.82, 2.24) is 0 Å². The van der Waals surface area contributed by atoms with Crippen molar-refractivity contribution in [2.45, 2.75) is 58.4 Å². The van der Waals surface area contributed by atoms with Gasteiger partial charge in [-0.25, -0.2) is 0 Å². The monoisotopic (exact) mass is 260 g/mol. The minimum absolute atomic E-state index is 0.147. The van der Waals surface area contributed by atoms with Gasteiger partial charge in [-0.15, -0.1) is 0 Å². The fourth-order valence-corrected chi connectivity index (χ4v) is 2.91. The summed E-state index contributed by atoms with van der Waals surface area (Å²) in [4.78, 5) is 2.55. The van der Waals surface area contributed by atoms with Crippen molar-refractivity contribution < 1.29 is 0 Å². The third-order valence-corrected chi connectivity index (χ3v) is 4.15. The molecule has 0 aromatic heterocycles. The SMILES string of the molecule is CCCCCCCN1CCc2cc(C(C)N)ccc21. The highest BCUT2D eigenvalue weighted by molar-refractivity contribution is 5.59. The van der Waals surface area contributed by atoms with Crippen molar-refractivity contribution in [2.75, 3.05) is 18.0 Å². The molecular weight excluding hydrogens is 232 g/mol. The van der Waals surface area contributed by atoms with Crippen LogP contribution in [0.25, 0.3) is 0 Å². The maximum atomic E-state index is 5.96. The Morgan fingerprint density at radius 3 is 2.74 bits per heavy atom. The Kier molecular flexibility index (Phi) is 5.26. The van der Waals surface area contributed by atoms with Crippen LogP contribution in [0.3, 0.4) is 0 Å². The Balaban J connectivity index is 1.87. The van der Waals surface area contributed by atoms with Gasteiger partial charge in [0.1, 0.15) is 0 Å². The third-order valence-electron chi connectivity index (χ3n) is 4.15. The first-order chi connectivity index (χ1) is 9.22. The third kappa shape index (κ3) is 3.73. The first-order valence-corrected chi connectivity index (χ1v) is 7.85. The van der Waals surface area contributed by atoms with E-state index in [1.807, 2.05) is 0 Å². The van der Waals surface area contributed by atoms with E-state index in [0.29, 0.717) is 0 Å². The summed E-state index contributed by atoms with van der Waals surface area (Å²) in [7, 11) is 0. The van der Waals surface area contributed by atoms with Gasteiger partial charge < -0.3 is 10.6 Å². The Morgan fingerprint density at radius 1 is 1.21 bits per heavy atom. The lowest BCUT2D eigenvalue weighted by atomic mass is 10.0. The molecule has 0 spiro atoms. The smallest absolute Gasteiger partial charge is 0.0399 e. The molecule has 1 heterocycles. The van der Waals surface area contributed by atoms with E-state index in [2.05, 4.69) is 36.9 Å². The molecule has 1 atom stereocenters. The van der Waals surface area contributed by atoms with Gasteiger partial charge in [-0.1, -0.05) is 44.7 Å². The molecule has 1 aromatic rings. The quantitative estimate of drug-likeness (QED) is 0.750. The molecule has 1 aliphatic rings. The molecule has 1 unspecified atom stereocenters. The fourth-order valence-electron chi connectivity index (χ4n) is 2.91. The summed E-state index contributed by atoms with van der Waals surface area (Å²) < 4.78 is 0. The summed E-state index contributed by atoms with van der Waals surface area (Å²) in [6.45, 7) is 6.73. The summed E-state index contributed by atoms with van der Waals surface area (Å²) in [6.07, 6.45) is 7.98. The van der Waals surface area contributed by atoms with Crippen molar-refractivity contribution >= 4 is 5.69 Å². The molecule has 1 aromatic carbocycles. The van der Waals surface area contributed by atoms with Crippen LogP contribution in [0, 0.1) is 0 Å². The molecule has 0 saturated heterocycles. The van der Waals surface area contributed by atoms with E-state index >= 15 is 0 Å². The first-order valence-electron chi connectivity index (χ1n) is 7.85. The highest BCUT2D eigenvalue weighted by Gasteiger charge is 2.19. The van der Waals surface area contributed by atoms with Crippen LogP contribution in [0.5, 0.6) is 0 Å². The number of nitrogens with zero attached hydrogens (tertiary/aromatic N) is 1. The number of fused-ring (bicyclic) bond motifs is 1. The number of unbranched alkanes of at least 4 members (excludes halogenated alkanes) is 4. The number of rotatable bonds is 7. The zero-order chi connectivity index (χ0) is 13.7. The molecule has 0 aliphatic carbocycles. The second-order valence-electron chi connectivity index (χ2n) is 5.83.